The predicted octanol–water partition coefficient (Wildman–Crippen LogP) is 0.765. The molecule has 2 rings (SSSR count). The zero-order valence-electron chi connectivity index (χ0n) is 9.96. The van der Waals surface area contributed by atoms with E-state index in [0.717, 1.165) is 6.42 Å². The molecule has 1 aromatic carbocycles. The van der Waals surface area contributed by atoms with Crippen molar-refractivity contribution in [3.63, 3.8) is 0 Å². The average Bonchev–Trinajstić information content (AvgIpc) is 2.30. The zero-order valence-corrected chi connectivity index (χ0v) is 10.8. The summed E-state index contributed by atoms with van der Waals surface area (Å²) in [6, 6.07) is 4.66. The van der Waals surface area contributed by atoms with E-state index in [1.165, 1.54) is 6.07 Å². The second-order valence-corrected chi connectivity index (χ2v) is 6.85. The molecule has 1 aromatic rings. The van der Waals surface area contributed by atoms with Crippen molar-refractivity contribution in [1.82, 2.24) is 5.32 Å². The highest BCUT2D eigenvalue weighted by Gasteiger charge is 2.24. The number of hydrogen-bond acceptors (Lipinski definition) is 5. The van der Waals surface area contributed by atoms with Crippen LogP contribution in [0.2, 0.25) is 0 Å². The fourth-order valence-electron chi connectivity index (χ4n) is 2.16. The second kappa shape index (κ2) is 5.16. The third-order valence-electron chi connectivity index (χ3n) is 3.14. The molecule has 100 valence electrons. The van der Waals surface area contributed by atoms with Crippen molar-refractivity contribution in [3.8, 4) is 11.5 Å². The zero-order chi connectivity index (χ0) is 13.2. The van der Waals surface area contributed by atoms with E-state index in [1.54, 1.807) is 12.1 Å². The van der Waals surface area contributed by atoms with Gasteiger partial charge >= 0.3 is 0 Å². The van der Waals surface area contributed by atoms with Crippen molar-refractivity contribution in [3.05, 3.63) is 23.8 Å². The minimum Gasteiger partial charge on any atom is -0.504 e. The van der Waals surface area contributed by atoms with E-state index in [9.17, 15) is 18.6 Å². The van der Waals surface area contributed by atoms with Gasteiger partial charge < -0.3 is 15.5 Å². The molecule has 1 saturated heterocycles. The van der Waals surface area contributed by atoms with Crippen molar-refractivity contribution < 1.29 is 18.6 Å². The molecule has 0 bridgehead atoms. The van der Waals surface area contributed by atoms with Gasteiger partial charge in [-0.25, -0.2) is 8.42 Å². The van der Waals surface area contributed by atoms with Crippen LogP contribution in [0.5, 0.6) is 11.5 Å². The molecular weight excluding hydrogens is 254 g/mol. The first-order valence-electron chi connectivity index (χ1n) is 5.91. The van der Waals surface area contributed by atoms with Gasteiger partial charge in [-0.05, 0) is 18.9 Å². The minimum atomic E-state index is -2.93. The summed E-state index contributed by atoms with van der Waals surface area (Å²) in [5, 5.41) is 22.1. The topological polar surface area (TPSA) is 86.6 Å². The molecule has 1 unspecified atom stereocenters. The van der Waals surface area contributed by atoms with Crippen LogP contribution in [0.4, 0.5) is 0 Å². The number of nitrogens with one attached hydrogen (secondary N) is 1. The standard InChI is InChI=1S/C12H17NO4S/c14-11-5-1-3-9(12(11)15)7-13-10-4-2-6-18(16,17)8-10/h1,3,5,10,13-15H,2,4,6-8H2. The highest BCUT2D eigenvalue weighted by molar-refractivity contribution is 7.91. The van der Waals surface area contributed by atoms with Crippen molar-refractivity contribution in [2.45, 2.75) is 25.4 Å². The van der Waals surface area contributed by atoms with Gasteiger partial charge in [-0.3, -0.25) is 0 Å². The van der Waals surface area contributed by atoms with Crippen LogP contribution in [0.15, 0.2) is 18.2 Å². The van der Waals surface area contributed by atoms with E-state index in [2.05, 4.69) is 5.32 Å². The van der Waals surface area contributed by atoms with Crippen LogP contribution < -0.4 is 5.32 Å². The number of hydrogen-bond donors (Lipinski definition) is 3. The van der Waals surface area contributed by atoms with Crippen LogP contribution in [-0.4, -0.2) is 36.2 Å². The number of rotatable bonds is 3. The van der Waals surface area contributed by atoms with Crippen LogP contribution >= 0.6 is 0 Å². The molecule has 18 heavy (non-hydrogen) atoms. The van der Waals surface area contributed by atoms with Crippen molar-refractivity contribution in [2.75, 3.05) is 11.5 Å². The smallest absolute Gasteiger partial charge is 0.161 e. The summed E-state index contributed by atoms with van der Waals surface area (Å²) in [4.78, 5) is 0. The van der Waals surface area contributed by atoms with Gasteiger partial charge in [-0.1, -0.05) is 12.1 Å². The number of aromatic hydroxyl groups is 2. The number of para-hydroxylation sites is 1. The third kappa shape index (κ3) is 3.14. The normalized spacial score (nSPS) is 22.8. The Morgan fingerprint density at radius 2 is 2.11 bits per heavy atom. The fraction of sp³-hybridized carbons (Fsp3) is 0.500. The molecule has 0 saturated carbocycles. The molecule has 0 amide bonds. The maximum atomic E-state index is 11.5. The van der Waals surface area contributed by atoms with Crippen molar-refractivity contribution in [2.24, 2.45) is 0 Å². The summed E-state index contributed by atoms with van der Waals surface area (Å²) in [7, 11) is -2.93. The monoisotopic (exact) mass is 271 g/mol. The molecular formula is C12H17NO4S. The molecule has 0 aliphatic carbocycles. The number of sulfone groups is 1. The van der Waals surface area contributed by atoms with Crippen molar-refractivity contribution >= 4 is 9.84 Å². The van der Waals surface area contributed by atoms with E-state index in [4.69, 9.17) is 0 Å². The van der Waals surface area contributed by atoms with Crippen LogP contribution in [0, 0.1) is 0 Å². The van der Waals surface area contributed by atoms with Crippen LogP contribution in [-0.2, 0) is 16.4 Å². The van der Waals surface area contributed by atoms with E-state index in [0.29, 0.717) is 18.5 Å². The van der Waals surface area contributed by atoms with Crippen molar-refractivity contribution in [1.29, 1.82) is 0 Å². The lowest BCUT2D eigenvalue weighted by Crippen LogP contribution is -2.39. The molecule has 0 aromatic heterocycles. The Morgan fingerprint density at radius 3 is 2.83 bits per heavy atom. The summed E-state index contributed by atoms with van der Waals surface area (Å²) >= 11 is 0. The summed E-state index contributed by atoms with van der Waals surface area (Å²) in [5.74, 6) is 0.101. The molecule has 1 atom stereocenters. The van der Waals surface area contributed by atoms with E-state index in [1.807, 2.05) is 0 Å². The van der Waals surface area contributed by atoms with Gasteiger partial charge in [-0.15, -0.1) is 0 Å². The summed E-state index contributed by atoms with van der Waals surface area (Å²) in [5.41, 5.74) is 0.568. The number of phenolic OH excluding ortho intramolecular Hbond substituents is 2. The molecule has 1 heterocycles. The van der Waals surface area contributed by atoms with Gasteiger partial charge in [0.05, 0.1) is 11.5 Å². The Bertz CT molecular complexity index is 527. The molecule has 1 fully saturated rings. The van der Waals surface area contributed by atoms with Gasteiger partial charge in [0.25, 0.3) is 0 Å². The number of benzene rings is 1. The highest BCUT2D eigenvalue weighted by atomic mass is 32.2. The van der Waals surface area contributed by atoms with Crippen LogP contribution in [0.1, 0.15) is 18.4 Å². The minimum absolute atomic E-state index is 0.0782. The Balaban J connectivity index is 1.97. The maximum absolute atomic E-state index is 11.5. The molecule has 3 N–H and O–H groups in total. The summed E-state index contributed by atoms with van der Waals surface area (Å²) < 4.78 is 22.9. The number of phenols is 2. The lowest BCUT2D eigenvalue weighted by molar-refractivity contribution is 0.395. The Labute approximate surface area is 106 Å². The summed E-state index contributed by atoms with van der Waals surface area (Å²) in [6.07, 6.45) is 1.49. The Morgan fingerprint density at radius 1 is 1.33 bits per heavy atom. The molecule has 1 aliphatic heterocycles. The van der Waals surface area contributed by atoms with Gasteiger partial charge in [0.1, 0.15) is 0 Å². The molecule has 0 spiro atoms. The Hall–Kier alpha value is -1.27. The average molecular weight is 271 g/mol. The van der Waals surface area contributed by atoms with Gasteiger partial charge in [0, 0.05) is 18.2 Å². The predicted molar refractivity (Wildman–Crippen MR) is 68.3 cm³/mol. The quantitative estimate of drug-likeness (QED) is 0.707. The second-order valence-electron chi connectivity index (χ2n) is 4.62. The van der Waals surface area contributed by atoms with Gasteiger partial charge in [-0.2, -0.15) is 0 Å². The van der Waals surface area contributed by atoms with Crippen LogP contribution in [0.3, 0.4) is 0 Å². The molecule has 5 nitrogen and oxygen atoms in total. The maximum Gasteiger partial charge on any atom is 0.161 e. The largest absolute Gasteiger partial charge is 0.504 e. The SMILES string of the molecule is O=S1(=O)CCCC(NCc2cccc(O)c2O)C1. The Kier molecular flexibility index (Phi) is 3.77. The van der Waals surface area contributed by atoms with E-state index in [-0.39, 0.29) is 29.0 Å². The first-order valence-corrected chi connectivity index (χ1v) is 7.74. The van der Waals surface area contributed by atoms with Gasteiger partial charge in [0.2, 0.25) is 0 Å². The molecule has 1 aliphatic rings. The van der Waals surface area contributed by atoms with Gasteiger partial charge in [0.15, 0.2) is 21.3 Å². The molecule has 6 heteroatoms. The lowest BCUT2D eigenvalue weighted by atomic mass is 10.1. The van der Waals surface area contributed by atoms with E-state index >= 15 is 0 Å². The van der Waals surface area contributed by atoms with E-state index < -0.39 is 9.84 Å². The van der Waals surface area contributed by atoms with Crippen LogP contribution in [0.25, 0.3) is 0 Å². The third-order valence-corrected chi connectivity index (χ3v) is 4.96. The highest BCUT2D eigenvalue weighted by Crippen LogP contribution is 2.28. The lowest BCUT2D eigenvalue weighted by Gasteiger charge is -2.23. The first-order chi connectivity index (χ1) is 8.48. The summed E-state index contributed by atoms with van der Waals surface area (Å²) in [6.45, 7) is 0.348. The molecule has 0 radical (unpaired) electrons. The fourth-order valence-corrected chi connectivity index (χ4v) is 3.83. The first kappa shape index (κ1) is 13.2.